The Morgan fingerprint density at radius 3 is 2.72 bits per heavy atom. The van der Waals surface area contributed by atoms with Crippen molar-refractivity contribution in [3.05, 3.63) is 53.6 Å². The van der Waals surface area contributed by atoms with E-state index >= 15 is 0 Å². The highest BCUT2D eigenvalue weighted by Gasteiger charge is 2.15. The molecule has 0 heterocycles. The molecule has 0 spiro atoms. The van der Waals surface area contributed by atoms with E-state index in [-0.39, 0.29) is 11.8 Å². The number of amides is 1. The molecule has 132 valence electrons. The van der Waals surface area contributed by atoms with Crippen LogP contribution in [0.2, 0.25) is 0 Å². The van der Waals surface area contributed by atoms with Crippen LogP contribution in [0.3, 0.4) is 0 Å². The normalized spacial score (nSPS) is 15.5. The van der Waals surface area contributed by atoms with Crippen LogP contribution in [0.4, 0.5) is 0 Å². The maximum absolute atomic E-state index is 12.5. The van der Waals surface area contributed by atoms with Crippen molar-refractivity contribution in [3.63, 3.8) is 0 Å². The maximum atomic E-state index is 12.5. The molecule has 0 aliphatic heterocycles. The molecule has 1 aliphatic carbocycles. The molecule has 0 aromatic heterocycles. The zero-order valence-corrected chi connectivity index (χ0v) is 15.2. The summed E-state index contributed by atoms with van der Waals surface area (Å²) in [6, 6.07) is 12.2. The van der Waals surface area contributed by atoms with Gasteiger partial charge in [-0.25, -0.2) is 0 Å². The Hall–Kier alpha value is -2.29. The van der Waals surface area contributed by atoms with E-state index in [1.54, 1.807) is 7.11 Å². The minimum atomic E-state index is -0.146. The molecule has 3 nitrogen and oxygen atoms in total. The van der Waals surface area contributed by atoms with Crippen LogP contribution in [-0.2, 0) is 4.79 Å². The lowest BCUT2D eigenvalue weighted by atomic mass is 9.96. The highest BCUT2D eigenvalue weighted by molar-refractivity contribution is 5.88. The molecule has 1 N–H and O–H groups in total. The zero-order chi connectivity index (χ0) is 17.6. The average molecular weight is 337 g/mol. The summed E-state index contributed by atoms with van der Waals surface area (Å²) in [6.07, 6.45) is 8.31. The number of benzene rings is 2. The predicted molar refractivity (Wildman–Crippen MR) is 103 cm³/mol. The van der Waals surface area contributed by atoms with Gasteiger partial charge in [-0.2, -0.15) is 0 Å². The first kappa shape index (κ1) is 17.5. The van der Waals surface area contributed by atoms with Gasteiger partial charge in [0.1, 0.15) is 5.75 Å². The molecule has 2 aromatic rings. The molecule has 3 rings (SSSR count). The minimum absolute atomic E-state index is 0.101. The second-order valence-corrected chi connectivity index (χ2v) is 6.84. The number of methoxy groups -OCH3 is 1. The van der Waals surface area contributed by atoms with Crippen molar-refractivity contribution in [2.75, 3.05) is 13.7 Å². The molecule has 0 radical (unpaired) electrons. The smallest absolute Gasteiger partial charge is 0.227 e. The third-order valence-electron chi connectivity index (χ3n) is 5.10. The van der Waals surface area contributed by atoms with Crippen molar-refractivity contribution in [3.8, 4) is 5.75 Å². The molecule has 1 amide bonds. The Balaban J connectivity index is 1.61. The van der Waals surface area contributed by atoms with Crippen LogP contribution in [0, 0.1) is 0 Å². The van der Waals surface area contributed by atoms with E-state index < -0.39 is 0 Å². The summed E-state index contributed by atoms with van der Waals surface area (Å²) in [7, 11) is 1.67. The first-order chi connectivity index (χ1) is 12.2. The van der Waals surface area contributed by atoms with Gasteiger partial charge in [0.05, 0.1) is 13.0 Å². The molecule has 0 saturated carbocycles. The quantitative estimate of drug-likeness (QED) is 0.757. The van der Waals surface area contributed by atoms with Gasteiger partial charge < -0.3 is 10.1 Å². The Kier molecular flexibility index (Phi) is 5.75. The average Bonchev–Trinajstić information content (AvgIpc) is 2.67. The number of carbonyl (C=O) groups excluding carboxylic acids is 1. The van der Waals surface area contributed by atoms with E-state index in [0.717, 1.165) is 35.1 Å². The minimum Gasteiger partial charge on any atom is -0.497 e. The molecule has 0 saturated heterocycles. The molecular weight excluding hydrogens is 310 g/mol. The highest BCUT2D eigenvalue weighted by atomic mass is 16.5. The van der Waals surface area contributed by atoms with Crippen molar-refractivity contribution >= 4 is 16.7 Å². The SMILES string of the molecule is COc1ccc2cc(C(C)C(=O)NCCC3=CCCCC3)ccc2c1. The lowest BCUT2D eigenvalue weighted by molar-refractivity contribution is -0.122. The number of hydrogen-bond acceptors (Lipinski definition) is 2. The number of ether oxygens (including phenoxy) is 1. The summed E-state index contributed by atoms with van der Waals surface area (Å²) >= 11 is 0. The summed E-state index contributed by atoms with van der Waals surface area (Å²) in [5.41, 5.74) is 2.55. The van der Waals surface area contributed by atoms with Crippen LogP contribution in [0.1, 0.15) is 50.5 Å². The van der Waals surface area contributed by atoms with Crippen molar-refractivity contribution in [2.24, 2.45) is 0 Å². The van der Waals surface area contributed by atoms with Crippen LogP contribution < -0.4 is 10.1 Å². The van der Waals surface area contributed by atoms with E-state index in [1.165, 1.54) is 31.3 Å². The molecule has 0 bridgehead atoms. The van der Waals surface area contributed by atoms with E-state index in [0.29, 0.717) is 0 Å². The monoisotopic (exact) mass is 337 g/mol. The maximum Gasteiger partial charge on any atom is 0.227 e. The number of fused-ring (bicyclic) bond motifs is 1. The van der Waals surface area contributed by atoms with Crippen LogP contribution in [-0.4, -0.2) is 19.6 Å². The Bertz CT molecular complexity index is 779. The number of rotatable bonds is 6. The first-order valence-electron chi connectivity index (χ1n) is 9.20. The van der Waals surface area contributed by atoms with Gasteiger partial charge in [-0.3, -0.25) is 4.79 Å². The Labute approximate surface area is 150 Å². The Morgan fingerprint density at radius 1 is 1.16 bits per heavy atom. The topological polar surface area (TPSA) is 38.3 Å². The van der Waals surface area contributed by atoms with Crippen LogP contribution in [0.25, 0.3) is 10.8 Å². The van der Waals surface area contributed by atoms with Crippen molar-refractivity contribution in [1.29, 1.82) is 0 Å². The van der Waals surface area contributed by atoms with Crippen LogP contribution in [0.5, 0.6) is 5.75 Å². The number of nitrogens with one attached hydrogen (secondary N) is 1. The van der Waals surface area contributed by atoms with E-state index in [9.17, 15) is 4.79 Å². The molecule has 2 aromatic carbocycles. The third kappa shape index (κ3) is 4.41. The van der Waals surface area contributed by atoms with E-state index in [1.807, 2.05) is 31.2 Å². The lowest BCUT2D eigenvalue weighted by Crippen LogP contribution is -2.29. The fourth-order valence-corrected chi connectivity index (χ4v) is 3.42. The van der Waals surface area contributed by atoms with Gasteiger partial charge in [-0.05, 0) is 67.5 Å². The van der Waals surface area contributed by atoms with Gasteiger partial charge in [-0.1, -0.05) is 35.9 Å². The Morgan fingerprint density at radius 2 is 1.96 bits per heavy atom. The number of allylic oxidation sites excluding steroid dienone is 1. The van der Waals surface area contributed by atoms with Gasteiger partial charge in [0.25, 0.3) is 0 Å². The molecule has 0 fully saturated rings. The van der Waals surface area contributed by atoms with Gasteiger partial charge in [-0.15, -0.1) is 0 Å². The molecule has 1 unspecified atom stereocenters. The molecule has 1 atom stereocenters. The summed E-state index contributed by atoms with van der Waals surface area (Å²) in [4.78, 5) is 12.5. The standard InChI is InChI=1S/C22H27NO2/c1-16(22(24)23-13-12-17-6-4-3-5-7-17)18-8-9-20-15-21(25-2)11-10-19(20)14-18/h6,8-11,14-16H,3-5,7,12-13H2,1-2H3,(H,23,24). The lowest BCUT2D eigenvalue weighted by Gasteiger charge is -2.16. The fraction of sp³-hybridized carbons (Fsp3) is 0.409. The van der Waals surface area contributed by atoms with Gasteiger partial charge in [0.2, 0.25) is 5.91 Å². The van der Waals surface area contributed by atoms with Crippen molar-refractivity contribution < 1.29 is 9.53 Å². The van der Waals surface area contributed by atoms with Crippen molar-refractivity contribution in [1.82, 2.24) is 5.32 Å². The van der Waals surface area contributed by atoms with Crippen LogP contribution >= 0.6 is 0 Å². The summed E-state index contributed by atoms with van der Waals surface area (Å²) in [5.74, 6) is 0.805. The second-order valence-electron chi connectivity index (χ2n) is 6.84. The predicted octanol–water partition coefficient (Wildman–Crippen LogP) is 4.96. The van der Waals surface area contributed by atoms with E-state index in [4.69, 9.17) is 4.74 Å². The highest BCUT2D eigenvalue weighted by Crippen LogP contribution is 2.25. The third-order valence-corrected chi connectivity index (χ3v) is 5.10. The van der Waals surface area contributed by atoms with Gasteiger partial charge >= 0.3 is 0 Å². The van der Waals surface area contributed by atoms with Gasteiger partial charge in [0, 0.05) is 6.54 Å². The van der Waals surface area contributed by atoms with Gasteiger partial charge in [0.15, 0.2) is 0 Å². The second kappa shape index (κ2) is 8.19. The summed E-state index contributed by atoms with van der Waals surface area (Å²) in [6.45, 7) is 2.71. The number of hydrogen-bond donors (Lipinski definition) is 1. The number of carbonyl (C=O) groups is 1. The largest absolute Gasteiger partial charge is 0.497 e. The molecule has 1 aliphatic rings. The van der Waals surface area contributed by atoms with Crippen molar-refractivity contribution in [2.45, 2.75) is 44.9 Å². The fourth-order valence-electron chi connectivity index (χ4n) is 3.42. The molecular formula is C22H27NO2. The zero-order valence-electron chi connectivity index (χ0n) is 15.2. The van der Waals surface area contributed by atoms with Crippen LogP contribution in [0.15, 0.2) is 48.0 Å². The summed E-state index contributed by atoms with van der Waals surface area (Å²) < 4.78 is 5.26. The molecule has 25 heavy (non-hydrogen) atoms. The first-order valence-corrected chi connectivity index (χ1v) is 9.20. The van der Waals surface area contributed by atoms with E-state index in [2.05, 4.69) is 23.5 Å². The summed E-state index contributed by atoms with van der Waals surface area (Å²) in [5, 5.41) is 5.35. The molecule has 3 heteroatoms.